The first kappa shape index (κ1) is 79.2. The van der Waals surface area contributed by atoms with Gasteiger partial charge in [0.05, 0.1) is 0 Å². The van der Waals surface area contributed by atoms with Gasteiger partial charge in [-0.1, -0.05) is 299 Å². The Morgan fingerprint density at radius 1 is 0.318 bits per heavy atom. The molecule has 0 bridgehead atoms. The van der Waals surface area contributed by atoms with Crippen LogP contribution in [-0.4, -0.2) is 34.7 Å². The Labute approximate surface area is 535 Å². The number of carbonyl (C=O) groups excluding carboxylic acids is 6. The molecule has 6 aromatic rings. The fraction of sp³-hybridized carbons (Fsp3) is 0.488. The average molecular weight is 1200 g/mol. The predicted octanol–water partition coefficient (Wildman–Crippen LogP) is 21.3. The summed E-state index contributed by atoms with van der Waals surface area (Å²) in [4.78, 5) is 68.1. The second kappa shape index (κ2) is 49.1. The summed E-state index contributed by atoms with van der Waals surface area (Å²) >= 11 is 0. The van der Waals surface area contributed by atoms with E-state index in [1.807, 2.05) is 150 Å². The maximum Gasteiger partial charge on any atom is 0.139 e. The van der Waals surface area contributed by atoms with Crippen LogP contribution in [0.2, 0.25) is 0 Å². The van der Waals surface area contributed by atoms with Crippen molar-refractivity contribution < 1.29 is 28.8 Å². The fourth-order valence-electron chi connectivity index (χ4n) is 8.95. The fourth-order valence-corrected chi connectivity index (χ4v) is 8.95. The van der Waals surface area contributed by atoms with Crippen molar-refractivity contribution in [3.63, 3.8) is 0 Å². The summed E-state index contributed by atoms with van der Waals surface area (Å²) in [6, 6.07) is 53.9. The molecular weight excluding hydrogens is 1080 g/mol. The number of carbonyl (C=O) groups is 6. The molecule has 0 heterocycles. The van der Waals surface area contributed by atoms with E-state index in [4.69, 9.17) is 6.42 Å². The van der Waals surface area contributed by atoms with Crippen molar-refractivity contribution >= 4 is 45.5 Å². The van der Waals surface area contributed by atoms with E-state index >= 15 is 0 Å². The summed E-state index contributed by atoms with van der Waals surface area (Å²) in [5.74, 6) is 5.50. The zero-order valence-corrected chi connectivity index (χ0v) is 56.9. The van der Waals surface area contributed by atoms with Crippen molar-refractivity contribution in [1.82, 2.24) is 0 Å². The van der Waals surface area contributed by atoms with Crippen molar-refractivity contribution in [1.29, 1.82) is 0 Å². The van der Waals surface area contributed by atoms with Crippen LogP contribution < -0.4 is 0 Å². The molecule has 6 rings (SSSR count). The molecule has 6 aromatic carbocycles. The molecule has 478 valence electrons. The number of Topliss-reactive ketones (excluding diaryl/α,β-unsaturated/α-hetero) is 6. The molecule has 0 aliphatic carbocycles. The lowest BCUT2D eigenvalue weighted by molar-refractivity contribution is -0.122. The number of benzene rings is 6. The molecule has 0 amide bonds. The molecule has 0 radical (unpaired) electrons. The minimum atomic E-state index is 0.110. The highest BCUT2D eigenvalue weighted by Crippen LogP contribution is 2.21. The Kier molecular flexibility index (Phi) is 44.2. The third-order valence-corrected chi connectivity index (χ3v) is 15.3. The second-order valence-electron chi connectivity index (χ2n) is 25.1. The van der Waals surface area contributed by atoms with Gasteiger partial charge in [-0.2, -0.15) is 0 Å². The minimum Gasteiger partial charge on any atom is -0.299 e. The number of hydrogen-bond acceptors (Lipinski definition) is 6. The number of fused-ring (bicyclic) bond motifs is 1. The van der Waals surface area contributed by atoms with E-state index in [0.29, 0.717) is 61.0 Å². The van der Waals surface area contributed by atoms with Crippen molar-refractivity contribution in [2.45, 2.75) is 225 Å². The molecule has 0 fully saturated rings. The lowest BCUT2D eigenvalue weighted by Gasteiger charge is -2.06. The van der Waals surface area contributed by atoms with E-state index < -0.39 is 0 Å². The van der Waals surface area contributed by atoms with E-state index in [0.717, 1.165) is 56.9 Å². The third-order valence-electron chi connectivity index (χ3n) is 15.3. The van der Waals surface area contributed by atoms with E-state index in [-0.39, 0.29) is 41.3 Å². The molecule has 0 unspecified atom stereocenters. The maximum atomic E-state index is 11.7. The van der Waals surface area contributed by atoms with Gasteiger partial charge in [0.1, 0.15) is 34.7 Å². The highest BCUT2D eigenvalue weighted by atomic mass is 16.1. The lowest BCUT2D eigenvalue weighted by atomic mass is 9.98. The standard InChI is InChI=1S/C17H18O.C16H18O.C15H30O.C14H20O.C12H16O.C8H12O/c1-13(2)17(18)12-14-8-10-16(11-9-14)15-6-4-3-5-7-15;1-12(2)16(17)10-8-13-7-9-14-5-3-4-6-15(14)11-13;1-4-5-6-7-8-9-10-11-12-13-15(16)14(2)3;1-12(2)14(15)11-7-6-10-13-8-4-3-5-9-13;1-10(2)12(13)9-8-11-6-4-3-5-7-11;1-4-5-6-8(9)7(2)3/h3-11,13H,12H2,1-2H3;3-7,9,11-12H,8,10H2,1-2H3;14H,4-13H2,1-3H3;3-5,8-9,12H,6-7,10-11H2,1-2H3;3-7,10H,8-9H2,1-2H3;1,7H,5-6H2,2-3H3. The first-order chi connectivity index (χ1) is 42.1. The number of ketones is 6. The summed E-state index contributed by atoms with van der Waals surface area (Å²) in [6.45, 7) is 25.7. The molecule has 88 heavy (non-hydrogen) atoms. The van der Waals surface area contributed by atoms with Crippen molar-refractivity contribution in [2.24, 2.45) is 35.5 Å². The quantitative estimate of drug-likeness (QED) is 0.0308. The molecule has 0 N–H and O–H groups in total. The molecular formula is C82H114O6. The van der Waals surface area contributed by atoms with Crippen LogP contribution in [0.15, 0.2) is 158 Å². The second-order valence-corrected chi connectivity index (χ2v) is 25.1. The van der Waals surface area contributed by atoms with Gasteiger partial charge >= 0.3 is 0 Å². The normalized spacial score (nSPS) is 10.6. The maximum absolute atomic E-state index is 11.7. The molecule has 0 saturated carbocycles. The van der Waals surface area contributed by atoms with Gasteiger partial charge in [0.2, 0.25) is 0 Å². The molecule has 0 aliphatic rings. The summed E-state index contributed by atoms with van der Waals surface area (Å²) < 4.78 is 0. The van der Waals surface area contributed by atoms with Crippen LogP contribution >= 0.6 is 0 Å². The van der Waals surface area contributed by atoms with Crippen molar-refractivity contribution in [2.75, 3.05) is 0 Å². The third kappa shape index (κ3) is 39.1. The Morgan fingerprint density at radius 2 is 0.670 bits per heavy atom. The number of rotatable bonds is 32. The number of terminal acetylenes is 1. The topological polar surface area (TPSA) is 102 Å². The Balaban J connectivity index is 0.000000534. The highest BCUT2D eigenvalue weighted by molar-refractivity contribution is 5.85. The average Bonchev–Trinajstić information content (AvgIpc) is 3.59. The van der Waals surface area contributed by atoms with E-state index in [2.05, 4.69) is 104 Å². The van der Waals surface area contributed by atoms with Gasteiger partial charge in [-0.25, -0.2) is 0 Å². The van der Waals surface area contributed by atoms with E-state index in [1.54, 1.807) is 0 Å². The molecule has 0 aliphatic heterocycles. The highest BCUT2D eigenvalue weighted by Gasteiger charge is 2.11. The van der Waals surface area contributed by atoms with Gasteiger partial charge in [-0.05, 0) is 82.7 Å². The minimum absolute atomic E-state index is 0.110. The Morgan fingerprint density at radius 3 is 1.12 bits per heavy atom. The first-order valence-corrected chi connectivity index (χ1v) is 33.4. The monoisotopic (exact) mass is 1190 g/mol. The lowest BCUT2D eigenvalue weighted by Crippen LogP contribution is -2.09. The molecule has 6 nitrogen and oxygen atoms in total. The van der Waals surface area contributed by atoms with Gasteiger partial charge in [0.25, 0.3) is 0 Å². The van der Waals surface area contributed by atoms with Gasteiger partial charge in [0.15, 0.2) is 0 Å². The van der Waals surface area contributed by atoms with Gasteiger partial charge < -0.3 is 0 Å². The van der Waals surface area contributed by atoms with Crippen molar-refractivity contribution in [3.8, 4) is 23.5 Å². The van der Waals surface area contributed by atoms with E-state index in [1.165, 1.54) is 90.0 Å². The van der Waals surface area contributed by atoms with Crippen LogP contribution in [0.1, 0.15) is 221 Å². The molecule has 0 spiro atoms. The SMILES string of the molecule is C#CCCC(=O)C(C)C.CC(C)C(=O)CCCCc1ccccc1.CC(C)C(=O)CCc1ccc2ccccc2c1.CC(C)C(=O)CCc1ccccc1.CC(C)C(=O)Cc1ccc(-c2ccccc2)cc1.CCCCCCCCCCCC(=O)C(C)C. The summed E-state index contributed by atoms with van der Waals surface area (Å²) in [5, 5.41) is 2.51. The van der Waals surface area contributed by atoms with Gasteiger partial charge in [-0.15, -0.1) is 12.3 Å². The predicted molar refractivity (Wildman–Crippen MR) is 376 cm³/mol. The van der Waals surface area contributed by atoms with Crippen LogP contribution in [0, 0.1) is 47.9 Å². The van der Waals surface area contributed by atoms with Gasteiger partial charge in [0, 0.05) is 80.5 Å². The summed E-state index contributed by atoms with van der Waals surface area (Å²) in [7, 11) is 0. The first-order valence-electron chi connectivity index (χ1n) is 33.4. The Hall–Kier alpha value is -6.84. The number of unbranched alkanes of at least 4 members (excludes halogenated alkanes) is 9. The Bertz CT molecular complexity index is 2850. The largest absolute Gasteiger partial charge is 0.299 e. The summed E-state index contributed by atoms with van der Waals surface area (Å²) in [6.07, 6.45) is 26.4. The van der Waals surface area contributed by atoms with E-state index in [9.17, 15) is 28.8 Å². The van der Waals surface area contributed by atoms with Gasteiger partial charge in [-0.3, -0.25) is 28.8 Å². The molecule has 0 aromatic heterocycles. The summed E-state index contributed by atoms with van der Waals surface area (Å²) in [5.41, 5.74) is 7.35. The van der Waals surface area contributed by atoms with Crippen LogP contribution in [0.4, 0.5) is 0 Å². The molecule has 0 saturated heterocycles. The van der Waals surface area contributed by atoms with Crippen LogP contribution in [0.25, 0.3) is 21.9 Å². The van der Waals surface area contributed by atoms with Crippen LogP contribution in [0.3, 0.4) is 0 Å². The molecule has 0 atom stereocenters. The molecule has 6 heteroatoms. The van der Waals surface area contributed by atoms with Crippen LogP contribution in [-0.2, 0) is 54.5 Å². The zero-order valence-electron chi connectivity index (χ0n) is 56.9. The smallest absolute Gasteiger partial charge is 0.139 e. The zero-order chi connectivity index (χ0) is 65.5. The van der Waals surface area contributed by atoms with Crippen molar-refractivity contribution in [3.05, 3.63) is 180 Å². The number of hydrogen-bond donors (Lipinski definition) is 0. The number of aryl methyl sites for hydroxylation is 3. The van der Waals surface area contributed by atoms with Crippen LogP contribution in [0.5, 0.6) is 0 Å².